The van der Waals surface area contributed by atoms with Crippen LogP contribution in [-0.4, -0.2) is 48.9 Å². The van der Waals surface area contributed by atoms with Crippen LogP contribution < -0.4 is 0 Å². The Hall–Kier alpha value is -1.42. The SMILES string of the molecule is CC(=O)N1CC[C@@H](CN(C)C[C@@H](C)c2ccc(F)cc2)C1. The van der Waals surface area contributed by atoms with Gasteiger partial charge in [0.15, 0.2) is 0 Å². The minimum absolute atomic E-state index is 0.180. The van der Waals surface area contributed by atoms with Crippen LogP contribution >= 0.6 is 0 Å². The molecular formula is C17H25FN2O. The largest absolute Gasteiger partial charge is 0.343 e. The van der Waals surface area contributed by atoms with Crippen molar-refractivity contribution in [2.75, 3.05) is 33.2 Å². The van der Waals surface area contributed by atoms with Crippen molar-refractivity contribution in [1.29, 1.82) is 0 Å². The van der Waals surface area contributed by atoms with Gasteiger partial charge in [-0.2, -0.15) is 0 Å². The van der Waals surface area contributed by atoms with E-state index < -0.39 is 0 Å². The van der Waals surface area contributed by atoms with Crippen LogP contribution in [0.1, 0.15) is 31.7 Å². The van der Waals surface area contributed by atoms with Crippen molar-refractivity contribution in [3.63, 3.8) is 0 Å². The minimum Gasteiger partial charge on any atom is -0.343 e. The van der Waals surface area contributed by atoms with E-state index in [1.807, 2.05) is 17.0 Å². The molecule has 1 aromatic rings. The first-order valence-electron chi connectivity index (χ1n) is 7.65. The summed E-state index contributed by atoms with van der Waals surface area (Å²) in [5.74, 6) is 0.939. The van der Waals surface area contributed by atoms with Crippen LogP contribution in [0.4, 0.5) is 4.39 Å². The minimum atomic E-state index is -0.186. The highest BCUT2D eigenvalue weighted by Crippen LogP contribution is 2.20. The predicted octanol–water partition coefficient (Wildman–Crippen LogP) is 2.73. The number of carbonyl (C=O) groups excluding carboxylic acids is 1. The van der Waals surface area contributed by atoms with E-state index in [-0.39, 0.29) is 11.7 Å². The third kappa shape index (κ3) is 4.53. The molecule has 0 bridgehead atoms. The number of likely N-dealkylation sites (tertiary alicyclic amines) is 1. The first-order chi connectivity index (χ1) is 9.95. The molecule has 0 N–H and O–H groups in total. The molecule has 1 aliphatic rings. The van der Waals surface area contributed by atoms with Crippen LogP contribution in [0.5, 0.6) is 0 Å². The number of nitrogens with zero attached hydrogens (tertiary/aromatic N) is 2. The average molecular weight is 292 g/mol. The van der Waals surface area contributed by atoms with Crippen molar-refractivity contribution < 1.29 is 9.18 Å². The van der Waals surface area contributed by atoms with E-state index in [2.05, 4.69) is 18.9 Å². The quantitative estimate of drug-likeness (QED) is 0.833. The van der Waals surface area contributed by atoms with Crippen molar-refractivity contribution in [3.05, 3.63) is 35.6 Å². The van der Waals surface area contributed by atoms with Crippen LogP contribution in [0.2, 0.25) is 0 Å². The maximum Gasteiger partial charge on any atom is 0.219 e. The first kappa shape index (κ1) is 16.0. The summed E-state index contributed by atoms with van der Waals surface area (Å²) < 4.78 is 12.9. The Bertz CT molecular complexity index is 474. The second-order valence-corrected chi connectivity index (χ2v) is 6.29. The highest BCUT2D eigenvalue weighted by Gasteiger charge is 2.25. The van der Waals surface area contributed by atoms with Gasteiger partial charge in [-0.25, -0.2) is 4.39 Å². The smallest absolute Gasteiger partial charge is 0.219 e. The van der Waals surface area contributed by atoms with Gasteiger partial charge in [0.25, 0.3) is 0 Å². The van der Waals surface area contributed by atoms with Gasteiger partial charge in [0.1, 0.15) is 5.82 Å². The number of amides is 1. The van der Waals surface area contributed by atoms with Gasteiger partial charge < -0.3 is 9.80 Å². The molecular weight excluding hydrogens is 267 g/mol. The Morgan fingerprint density at radius 2 is 2.10 bits per heavy atom. The van der Waals surface area contributed by atoms with E-state index in [1.165, 1.54) is 17.7 Å². The highest BCUT2D eigenvalue weighted by atomic mass is 19.1. The number of rotatable bonds is 5. The zero-order valence-corrected chi connectivity index (χ0v) is 13.2. The molecule has 21 heavy (non-hydrogen) atoms. The highest BCUT2D eigenvalue weighted by molar-refractivity contribution is 5.73. The molecule has 1 aromatic carbocycles. The lowest BCUT2D eigenvalue weighted by Crippen LogP contribution is -2.32. The topological polar surface area (TPSA) is 23.6 Å². The van der Waals surface area contributed by atoms with E-state index in [0.717, 1.165) is 32.6 Å². The summed E-state index contributed by atoms with van der Waals surface area (Å²) in [6.07, 6.45) is 1.09. The van der Waals surface area contributed by atoms with Crippen LogP contribution in [-0.2, 0) is 4.79 Å². The fourth-order valence-electron chi connectivity index (χ4n) is 3.15. The van der Waals surface area contributed by atoms with Crippen LogP contribution in [0.25, 0.3) is 0 Å². The Kier molecular flexibility index (Phi) is 5.34. The molecule has 4 heteroatoms. The summed E-state index contributed by atoms with van der Waals surface area (Å²) in [6, 6.07) is 6.77. The molecule has 1 fully saturated rings. The van der Waals surface area contributed by atoms with Crippen molar-refractivity contribution in [3.8, 4) is 0 Å². The summed E-state index contributed by atoms with van der Waals surface area (Å²) in [7, 11) is 2.12. The second-order valence-electron chi connectivity index (χ2n) is 6.29. The number of likely N-dealkylation sites (N-methyl/N-ethyl adjacent to an activating group) is 1. The molecule has 116 valence electrons. The molecule has 3 nitrogen and oxygen atoms in total. The van der Waals surface area contributed by atoms with Gasteiger partial charge in [0.2, 0.25) is 5.91 Å². The average Bonchev–Trinajstić information content (AvgIpc) is 2.87. The van der Waals surface area contributed by atoms with E-state index in [1.54, 1.807) is 6.92 Å². The van der Waals surface area contributed by atoms with Gasteiger partial charge in [0.05, 0.1) is 0 Å². The standard InChI is InChI=1S/C17H25FN2O/c1-13(16-4-6-17(18)7-5-16)10-19(3)11-15-8-9-20(12-15)14(2)21/h4-7,13,15H,8-12H2,1-3H3/t13-,15+/m1/s1. The zero-order chi connectivity index (χ0) is 15.4. The number of carbonyl (C=O) groups is 1. The predicted molar refractivity (Wildman–Crippen MR) is 82.7 cm³/mol. The lowest BCUT2D eigenvalue weighted by atomic mass is 10.00. The van der Waals surface area contributed by atoms with Crippen LogP contribution in [0.3, 0.4) is 0 Å². The summed E-state index contributed by atoms with van der Waals surface area (Å²) in [5.41, 5.74) is 1.17. The lowest BCUT2D eigenvalue weighted by Gasteiger charge is -2.24. The monoisotopic (exact) mass is 292 g/mol. The van der Waals surface area contributed by atoms with Gasteiger partial charge >= 0.3 is 0 Å². The summed E-state index contributed by atoms with van der Waals surface area (Å²) >= 11 is 0. The molecule has 1 saturated heterocycles. The molecule has 2 atom stereocenters. The fraction of sp³-hybridized carbons (Fsp3) is 0.588. The molecule has 0 saturated carbocycles. The summed E-state index contributed by atoms with van der Waals surface area (Å²) in [6.45, 7) is 7.53. The Labute approximate surface area is 126 Å². The Balaban J connectivity index is 1.80. The Morgan fingerprint density at radius 3 is 2.67 bits per heavy atom. The number of benzene rings is 1. The van der Waals surface area contributed by atoms with Gasteiger partial charge in [0, 0.05) is 33.1 Å². The molecule has 1 amide bonds. The maximum atomic E-state index is 12.9. The van der Waals surface area contributed by atoms with E-state index in [9.17, 15) is 9.18 Å². The van der Waals surface area contributed by atoms with Gasteiger partial charge in [-0.05, 0) is 43.0 Å². The zero-order valence-electron chi connectivity index (χ0n) is 13.2. The molecule has 2 rings (SSSR count). The van der Waals surface area contributed by atoms with Crippen molar-refractivity contribution in [2.24, 2.45) is 5.92 Å². The summed E-state index contributed by atoms with van der Waals surface area (Å²) in [5, 5.41) is 0. The normalized spacial score (nSPS) is 20.0. The maximum absolute atomic E-state index is 12.9. The molecule has 0 radical (unpaired) electrons. The Morgan fingerprint density at radius 1 is 1.43 bits per heavy atom. The molecule has 1 aliphatic heterocycles. The van der Waals surface area contributed by atoms with E-state index >= 15 is 0 Å². The second kappa shape index (κ2) is 7.03. The molecule has 0 aliphatic carbocycles. The van der Waals surface area contributed by atoms with Gasteiger partial charge in [-0.1, -0.05) is 19.1 Å². The van der Waals surface area contributed by atoms with E-state index in [4.69, 9.17) is 0 Å². The van der Waals surface area contributed by atoms with Crippen LogP contribution in [0, 0.1) is 11.7 Å². The van der Waals surface area contributed by atoms with E-state index in [0.29, 0.717) is 11.8 Å². The van der Waals surface area contributed by atoms with Gasteiger partial charge in [-0.15, -0.1) is 0 Å². The lowest BCUT2D eigenvalue weighted by molar-refractivity contribution is -0.127. The number of hydrogen-bond donors (Lipinski definition) is 0. The van der Waals surface area contributed by atoms with Crippen molar-refractivity contribution in [1.82, 2.24) is 9.80 Å². The summed E-state index contributed by atoms with van der Waals surface area (Å²) in [4.78, 5) is 15.6. The first-order valence-corrected chi connectivity index (χ1v) is 7.65. The number of halogens is 1. The molecule has 0 unspecified atom stereocenters. The third-order valence-electron chi connectivity index (χ3n) is 4.33. The third-order valence-corrected chi connectivity index (χ3v) is 4.33. The molecule has 0 spiro atoms. The van der Waals surface area contributed by atoms with Crippen molar-refractivity contribution in [2.45, 2.75) is 26.2 Å². The van der Waals surface area contributed by atoms with Crippen molar-refractivity contribution >= 4 is 5.91 Å². The van der Waals surface area contributed by atoms with Gasteiger partial charge in [-0.3, -0.25) is 4.79 Å². The van der Waals surface area contributed by atoms with Crippen LogP contribution in [0.15, 0.2) is 24.3 Å². The fourth-order valence-corrected chi connectivity index (χ4v) is 3.15. The number of hydrogen-bond acceptors (Lipinski definition) is 2. The molecule has 0 aromatic heterocycles. The molecule has 1 heterocycles.